The maximum absolute atomic E-state index is 13.3. The molecule has 1 amide bonds. The Bertz CT molecular complexity index is 998. The molecular formula is C19H14ClF2N3O2. The SMILES string of the molecule is COc1ccc(Nc2ccnc(C(=O)Nc3ccc(F)c(F)c3)c2)cc1Cl. The predicted molar refractivity (Wildman–Crippen MR) is 99.8 cm³/mol. The molecule has 1 aromatic heterocycles. The molecule has 0 atom stereocenters. The van der Waals surface area contributed by atoms with E-state index >= 15 is 0 Å². The number of halogens is 3. The van der Waals surface area contributed by atoms with Gasteiger partial charge in [0, 0.05) is 29.3 Å². The van der Waals surface area contributed by atoms with Crippen LogP contribution < -0.4 is 15.4 Å². The minimum Gasteiger partial charge on any atom is -0.495 e. The fraction of sp³-hybridized carbons (Fsp3) is 0.0526. The lowest BCUT2D eigenvalue weighted by Gasteiger charge is -2.10. The fourth-order valence-electron chi connectivity index (χ4n) is 2.31. The molecule has 8 heteroatoms. The van der Waals surface area contributed by atoms with Crippen LogP contribution in [0.25, 0.3) is 0 Å². The van der Waals surface area contributed by atoms with Gasteiger partial charge in [0.25, 0.3) is 5.91 Å². The van der Waals surface area contributed by atoms with Crippen LogP contribution in [-0.4, -0.2) is 18.0 Å². The van der Waals surface area contributed by atoms with Crippen molar-refractivity contribution in [2.24, 2.45) is 0 Å². The second-order valence-corrected chi connectivity index (χ2v) is 5.89. The highest BCUT2D eigenvalue weighted by Crippen LogP contribution is 2.28. The molecule has 0 saturated carbocycles. The third-order valence-electron chi connectivity index (χ3n) is 3.61. The van der Waals surface area contributed by atoms with Crippen molar-refractivity contribution in [3.8, 4) is 5.75 Å². The molecule has 0 unspecified atom stereocenters. The second kappa shape index (κ2) is 8.01. The number of anilines is 3. The van der Waals surface area contributed by atoms with Gasteiger partial charge in [-0.2, -0.15) is 0 Å². The smallest absolute Gasteiger partial charge is 0.274 e. The average molecular weight is 390 g/mol. The topological polar surface area (TPSA) is 63.2 Å². The summed E-state index contributed by atoms with van der Waals surface area (Å²) in [5, 5.41) is 6.01. The van der Waals surface area contributed by atoms with E-state index in [0.29, 0.717) is 22.1 Å². The molecule has 0 aliphatic heterocycles. The number of methoxy groups -OCH3 is 1. The van der Waals surface area contributed by atoms with Crippen LogP contribution in [-0.2, 0) is 0 Å². The van der Waals surface area contributed by atoms with E-state index in [9.17, 15) is 13.6 Å². The first-order valence-electron chi connectivity index (χ1n) is 7.79. The Kier molecular flexibility index (Phi) is 5.52. The number of carbonyl (C=O) groups excluding carboxylic acids is 1. The van der Waals surface area contributed by atoms with Crippen molar-refractivity contribution in [2.45, 2.75) is 0 Å². The molecule has 2 aromatic carbocycles. The van der Waals surface area contributed by atoms with Gasteiger partial charge in [-0.05, 0) is 42.5 Å². The summed E-state index contributed by atoms with van der Waals surface area (Å²) >= 11 is 6.09. The summed E-state index contributed by atoms with van der Waals surface area (Å²) in [6, 6.07) is 11.5. The summed E-state index contributed by atoms with van der Waals surface area (Å²) in [6.07, 6.45) is 1.45. The number of aromatic nitrogens is 1. The molecule has 0 radical (unpaired) electrons. The molecule has 0 saturated heterocycles. The Labute approximate surface area is 159 Å². The van der Waals surface area contributed by atoms with Gasteiger partial charge < -0.3 is 15.4 Å². The van der Waals surface area contributed by atoms with Crippen molar-refractivity contribution in [3.63, 3.8) is 0 Å². The van der Waals surface area contributed by atoms with Crippen molar-refractivity contribution in [3.05, 3.63) is 77.1 Å². The van der Waals surface area contributed by atoms with E-state index in [1.54, 1.807) is 24.3 Å². The molecule has 2 N–H and O–H groups in total. The predicted octanol–water partition coefficient (Wildman–Crippen LogP) is 5.02. The Balaban J connectivity index is 1.75. The first-order valence-corrected chi connectivity index (χ1v) is 8.17. The first-order chi connectivity index (χ1) is 13.0. The zero-order valence-electron chi connectivity index (χ0n) is 14.1. The standard InChI is InChI=1S/C19H14ClF2N3O2/c1-27-18-5-3-11(8-14(18)20)24-13-6-7-23-17(10-13)19(26)25-12-2-4-15(21)16(22)9-12/h2-10H,1H3,(H,23,24)(H,25,26). The number of hydrogen-bond donors (Lipinski definition) is 2. The summed E-state index contributed by atoms with van der Waals surface area (Å²) in [4.78, 5) is 16.3. The number of amides is 1. The van der Waals surface area contributed by atoms with Crippen LogP contribution in [0.3, 0.4) is 0 Å². The van der Waals surface area contributed by atoms with Crippen LogP contribution in [0.15, 0.2) is 54.7 Å². The first kappa shape index (κ1) is 18.6. The molecule has 3 aromatic rings. The minimum absolute atomic E-state index is 0.101. The van der Waals surface area contributed by atoms with Crippen molar-refractivity contribution >= 4 is 34.6 Å². The number of carbonyl (C=O) groups is 1. The summed E-state index contributed by atoms with van der Waals surface area (Å²) in [7, 11) is 1.52. The largest absolute Gasteiger partial charge is 0.495 e. The van der Waals surface area contributed by atoms with Gasteiger partial charge in [-0.15, -0.1) is 0 Å². The van der Waals surface area contributed by atoms with Crippen molar-refractivity contribution in [1.82, 2.24) is 4.98 Å². The van der Waals surface area contributed by atoms with E-state index in [1.807, 2.05) is 0 Å². The zero-order chi connectivity index (χ0) is 19.4. The number of pyridine rings is 1. The molecule has 27 heavy (non-hydrogen) atoms. The Morgan fingerprint density at radius 1 is 1.00 bits per heavy atom. The number of ether oxygens (including phenoxy) is 1. The number of nitrogens with one attached hydrogen (secondary N) is 2. The normalized spacial score (nSPS) is 10.4. The molecule has 0 aliphatic carbocycles. The Hall–Kier alpha value is -3.19. The van der Waals surface area contributed by atoms with Crippen LogP contribution in [0.1, 0.15) is 10.5 Å². The lowest BCUT2D eigenvalue weighted by atomic mass is 10.2. The third kappa shape index (κ3) is 4.51. The Morgan fingerprint density at radius 3 is 2.44 bits per heavy atom. The maximum atomic E-state index is 13.3. The highest BCUT2D eigenvalue weighted by Gasteiger charge is 2.11. The maximum Gasteiger partial charge on any atom is 0.274 e. The van der Waals surface area contributed by atoms with Crippen molar-refractivity contribution < 1.29 is 18.3 Å². The van der Waals surface area contributed by atoms with Gasteiger partial charge in [-0.1, -0.05) is 11.6 Å². The van der Waals surface area contributed by atoms with Gasteiger partial charge >= 0.3 is 0 Å². The number of benzene rings is 2. The summed E-state index contributed by atoms with van der Waals surface area (Å²) in [6.45, 7) is 0. The average Bonchev–Trinajstić information content (AvgIpc) is 2.65. The van der Waals surface area contributed by atoms with E-state index in [-0.39, 0.29) is 11.4 Å². The van der Waals surface area contributed by atoms with Crippen LogP contribution in [0.2, 0.25) is 5.02 Å². The quantitative estimate of drug-likeness (QED) is 0.643. The van der Waals surface area contributed by atoms with Crippen LogP contribution >= 0.6 is 11.6 Å². The summed E-state index contributed by atoms with van der Waals surface area (Å²) in [5.41, 5.74) is 1.52. The van der Waals surface area contributed by atoms with Gasteiger partial charge in [0.2, 0.25) is 0 Å². The molecule has 0 aliphatic rings. The van der Waals surface area contributed by atoms with Crippen LogP contribution in [0, 0.1) is 11.6 Å². The molecular weight excluding hydrogens is 376 g/mol. The van der Waals surface area contributed by atoms with Gasteiger partial charge in [0.05, 0.1) is 12.1 Å². The molecule has 1 heterocycles. The number of nitrogens with zero attached hydrogens (tertiary/aromatic N) is 1. The summed E-state index contributed by atoms with van der Waals surface area (Å²) in [5.74, 6) is -2.05. The molecule has 0 fully saturated rings. The minimum atomic E-state index is -1.05. The second-order valence-electron chi connectivity index (χ2n) is 5.49. The highest BCUT2D eigenvalue weighted by atomic mass is 35.5. The molecule has 0 bridgehead atoms. The molecule has 138 valence electrons. The van der Waals surface area contributed by atoms with Gasteiger partial charge in [0.1, 0.15) is 11.4 Å². The van der Waals surface area contributed by atoms with Crippen molar-refractivity contribution in [2.75, 3.05) is 17.7 Å². The number of hydrogen-bond acceptors (Lipinski definition) is 4. The van der Waals surface area contributed by atoms with E-state index < -0.39 is 17.5 Å². The van der Waals surface area contributed by atoms with Gasteiger partial charge in [-0.25, -0.2) is 8.78 Å². The van der Waals surface area contributed by atoms with E-state index in [1.165, 1.54) is 25.4 Å². The lowest BCUT2D eigenvalue weighted by molar-refractivity contribution is 0.102. The zero-order valence-corrected chi connectivity index (χ0v) is 14.8. The van der Waals surface area contributed by atoms with Gasteiger partial charge in [0.15, 0.2) is 11.6 Å². The molecule has 5 nitrogen and oxygen atoms in total. The fourth-order valence-corrected chi connectivity index (χ4v) is 2.57. The van der Waals surface area contributed by atoms with E-state index in [2.05, 4.69) is 15.6 Å². The highest BCUT2D eigenvalue weighted by molar-refractivity contribution is 6.32. The van der Waals surface area contributed by atoms with Crippen molar-refractivity contribution in [1.29, 1.82) is 0 Å². The molecule has 0 spiro atoms. The monoisotopic (exact) mass is 389 g/mol. The third-order valence-corrected chi connectivity index (χ3v) is 3.91. The lowest BCUT2D eigenvalue weighted by Crippen LogP contribution is -2.14. The van der Waals surface area contributed by atoms with Crippen LogP contribution in [0.4, 0.5) is 25.8 Å². The number of rotatable bonds is 5. The van der Waals surface area contributed by atoms with Crippen LogP contribution in [0.5, 0.6) is 5.75 Å². The van der Waals surface area contributed by atoms with Gasteiger partial charge in [-0.3, -0.25) is 9.78 Å². The Morgan fingerprint density at radius 2 is 1.74 bits per heavy atom. The molecule has 3 rings (SSSR count). The van der Waals surface area contributed by atoms with E-state index in [0.717, 1.165) is 12.1 Å². The van der Waals surface area contributed by atoms with E-state index in [4.69, 9.17) is 16.3 Å². The summed E-state index contributed by atoms with van der Waals surface area (Å²) < 4.78 is 31.3.